The number of ether oxygens (including phenoxy) is 3. The minimum atomic E-state index is -0.931. The zero-order valence-electron chi connectivity index (χ0n) is 23.2. The maximum atomic E-state index is 11.9. The van der Waals surface area contributed by atoms with E-state index < -0.39 is 5.97 Å². The van der Waals surface area contributed by atoms with Gasteiger partial charge in [0.1, 0.15) is 5.75 Å². The highest BCUT2D eigenvalue weighted by atomic mass is 35.5. The zero-order chi connectivity index (χ0) is 27.9. The van der Waals surface area contributed by atoms with E-state index in [4.69, 9.17) is 25.8 Å². The highest BCUT2D eigenvalue weighted by Crippen LogP contribution is 2.47. The summed E-state index contributed by atoms with van der Waals surface area (Å²) in [6, 6.07) is 11.5. The lowest BCUT2D eigenvalue weighted by atomic mass is 9.67. The van der Waals surface area contributed by atoms with Crippen molar-refractivity contribution in [3.63, 3.8) is 0 Å². The van der Waals surface area contributed by atoms with Gasteiger partial charge in [0.25, 0.3) is 0 Å². The Kier molecular flexibility index (Phi) is 8.01. The van der Waals surface area contributed by atoms with Gasteiger partial charge in [-0.15, -0.1) is 0 Å². The number of carbonyl (C=O) groups is 1. The van der Waals surface area contributed by atoms with Crippen LogP contribution in [-0.2, 0) is 21.3 Å². The molecule has 2 aliphatic carbocycles. The lowest BCUT2D eigenvalue weighted by Crippen LogP contribution is -2.51. The number of aliphatic hydroxyl groups is 1. The molecule has 0 amide bonds. The first kappa shape index (κ1) is 27.8. The molecule has 0 bridgehead atoms. The van der Waals surface area contributed by atoms with Gasteiger partial charge in [-0.05, 0) is 98.7 Å². The third kappa shape index (κ3) is 5.46. The highest BCUT2D eigenvalue weighted by Gasteiger charge is 2.45. The van der Waals surface area contributed by atoms with E-state index >= 15 is 0 Å². The quantitative estimate of drug-likeness (QED) is 0.456. The van der Waals surface area contributed by atoms with E-state index in [9.17, 15) is 15.0 Å². The third-order valence-electron chi connectivity index (χ3n) is 9.64. The molecule has 2 heterocycles. The molecule has 1 spiro atoms. The normalized spacial score (nSPS) is 30.4. The minimum Gasteiger partial charge on any atom is -0.490 e. The first-order chi connectivity index (χ1) is 19.3. The summed E-state index contributed by atoms with van der Waals surface area (Å²) in [5.41, 5.74) is 3.54. The number of carboxylic acid groups (broad SMARTS) is 1. The molecule has 1 saturated heterocycles. The van der Waals surface area contributed by atoms with Gasteiger partial charge in [0.2, 0.25) is 0 Å². The number of halogens is 1. The van der Waals surface area contributed by atoms with Crippen LogP contribution in [0.3, 0.4) is 0 Å². The van der Waals surface area contributed by atoms with Crippen LogP contribution in [0.2, 0.25) is 5.02 Å². The van der Waals surface area contributed by atoms with E-state index in [0.717, 1.165) is 74.5 Å². The molecule has 7 nitrogen and oxygen atoms in total. The Bertz CT molecular complexity index is 1240. The van der Waals surface area contributed by atoms with Crippen LogP contribution < -0.4 is 9.64 Å². The SMILES string of the molecule is C[C@H](CO)O[C@@H]1CCO[C@@H]([C@@H]2CC[C@H]2CN2CC3(CCCc4cc(Cl)ccc43)COc3ccc(C(=O)O)cc32)C1. The number of fused-ring (bicyclic) bond motifs is 3. The predicted octanol–water partition coefficient (Wildman–Crippen LogP) is 5.48. The lowest BCUT2D eigenvalue weighted by Gasteiger charge is -2.48. The smallest absolute Gasteiger partial charge is 0.335 e. The molecule has 4 aliphatic rings. The third-order valence-corrected chi connectivity index (χ3v) is 9.88. The zero-order valence-corrected chi connectivity index (χ0v) is 23.9. The fourth-order valence-electron chi connectivity index (χ4n) is 7.43. The Hall–Kier alpha value is -2.32. The average molecular weight is 570 g/mol. The minimum absolute atomic E-state index is 0.0277. The van der Waals surface area contributed by atoms with Gasteiger partial charge in [-0.25, -0.2) is 4.79 Å². The molecule has 6 atom stereocenters. The van der Waals surface area contributed by atoms with Crippen molar-refractivity contribution in [3.8, 4) is 5.75 Å². The number of rotatable bonds is 7. The molecule has 1 saturated carbocycles. The number of hydrogen-bond donors (Lipinski definition) is 2. The maximum absolute atomic E-state index is 11.9. The first-order valence-electron chi connectivity index (χ1n) is 14.8. The van der Waals surface area contributed by atoms with Crippen LogP contribution in [0.4, 0.5) is 5.69 Å². The summed E-state index contributed by atoms with van der Waals surface area (Å²) >= 11 is 6.39. The molecular formula is C32H40ClNO6. The molecule has 2 aromatic rings. The van der Waals surface area contributed by atoms with Gasteiger partial charge in [-0.1, -0.05) is 17.7 Å². The van der Waals surface area contributed by atoms with Gasteiger partial charge in [0.05, 0.1) is 42.8 Å². The van der Waals surface area contributed by atoms with Crippen molar-refractivity contribution in [1.82, 2.24) is 0 Å². The summed E-state index contributed by atoms with van der Waals surface area (Å²) in [7, 11) is 0. The molecular weight excluding hydrogens is 530 g/mol. The summed E-state index contributed by atoms with van der Waals surface area (Å²) in [6.07, 6.45) is 7.13. The van der Waals surface area contributed by atoms with Crippen LogP contribution in [-0.4, -0.2) is 67.4 Å². The summed E-state index contributed by atoms with van der Waals surface area (Å²) < 4.78 is 18.9. The summed E-state index contributed by atoms with van der Waals surface area (Å²) in [5, 5.41) is 20.0. The van der Waals surface area contributed by atoms with E-state index in [0.29, 0.717) is 25.0 Å². The topological polar surface area (TPSA) is 88.5 Å². The fraction of sp³-hybridized carbons (Fsp3) is 0.594. The standard InChI is InChI=1S/C32H40ClNO6/c1-20(17-35)40-25-10-12-38-30(15-25)26-7-4-23(26)16-34-18-32(11-2-3-21-13-24(33)6-8-27(21)32)19-39-29-9-5-22(31(36)37)14-28(29)34/h5-6,8-9,13-14,20,23,25-26,30,35H,2-4,7,10-12,15-19H2,1H3,(H,36,37)/t20-,23+,25-,26-,30-,32?/m1/s1. The van der Waals surface area contributed by atoms with Crippen LogP contribution in [0.15, 0.2) is 36.4 Å². The average Bonchev–Trinajstić information content (AvgIpc) is 3.08. The van der Waals surface area contributed by atoms with E-state index in [1.807, 2.05) is 19.1 Å². The molecule has 0 aromatic heterocycles. The molecule has 6 rings (SSSR count). The van der Waals surface area contributed by atoms with Crippen LogP contribution in [0.25, 0.3) is 0 Å². The monoisotopic (exact) mass is 569 g/mol. The van der Waals surface area contributed by atoms with Crippen molar-refractivity contribution in [1.29, 1.82) is 0 Å². The second-order valence-corrected chi connectivity index (χ2v) is 12.7. The summed E-state index contributed by atoms with van der Waals surface area (Å²) in [4.78, 5) is 14.3. The van der Waals surface area contributed by atoms with Crippen molar-refractivity contribution in [2.24, 2.45) is 11.8 Å². The molecule has 2 aliphatic heterocycles. The number of aromatic carboxylic acids is 1. The molecule has 1 unspecified atom stereocenters. The van der Waals surface area contributed by atoms with Gasteiger partial charge in [0, 0.05) is 36.6 Å². The van der Waals surface area contributed by atoms with Gasteiger partial charge in [0.15, 0.2) is 0 Å². The number of carboxylic acids is 1. The summed E-state index contributed by atoms with van der Waals surface area (Å²) in [6.45, 7) is 4.77. The number of aliphatic hydroxyl groups excluding tert-OH is 1. The second-order valence-electron chi connectivity index (χ2n) is 12.3. The van der Waals surface area contributed by atoms with Crippen molar-refractivity contribution in [2.45, 2.75) is 75.6 Å². The van der Waals surface area contributed by atoms with Crippen molar-refractivity contribution in [2.75, 3.05) is 37.8 Å². The van der Waals surface area contributed by atoms with Gasteiger partial charge >= 0.3 is 5.97 Å². The number of benzene rings is 2. The number of hydrogen-bond acceptors (Lipinski definition) is 6. The number of nitrogens with zero attached hydrogens (tertiary/aromatic N) is 1. The van der Waals surface area contributed by atoms with Crippen LogP contribution >= 0.6 is 11.6 Å². The Labute approximate surface area is 241 Å². The largest absolute Gasteiger partial charge is 0.490 e. The molecule has 2 aromatic carbocycles. The van der Waals surface area contributed by atoms with Gasteiger partial charge in [-0.2, -0.15) is 0 Å². The van der Waals surface area contributed by atoms with Crippen molar-refractivity contribution >= 4 is 23.3 Å². The number of aryl methyl sites for hydroxylation is 1. The fourth-order valence-corrected chi connectivity index (χ4v) is 7.63. The first-order valence-corrected chi connectivity index (χ1v) is 15.1. The summed E-state index contributed by atoms with van der Waals surface area (Å²) in [5.74, 6) is 0.683. The van der Waals surface area contributed by atoms with E-state index in [-0.39, 0.29) is 35.9 Å². The molecule has 0 radical (unpaired) electrons. The predicted molar refractivity (Wildman–Crippen MR) is 154 cm³/mol. The highest BCUT2D eigenvalue weighted by molar-refractivity contribution is 6.30. The molecule has 216 valence electrons. The second kappa shape index (κ2) is 11.5. The van der Waals surface area contributed by atoms with Crippen LogP contribution in [0.1, 0.15) is 66.9 Å². The van der Waals surface area contributed by atoms with E-state index in [1.165, 1.54) is 11.1 Å². The van der Waals surface area contributed by atoms with Gasteiger partial charge < -0.3 is 29.3 Å². The molecule has 40 heavy (non-hydrogen) atoms. The Balaban J connectivity index is 1.28. The Morgan fingerprint density at radius 2 is 2.10 bits per heavy atom. The van der Waals surface area contributed by atoms with Crippen LogP contribution in [0.5, 0.6) is 5.75 Å². The molecule has 2 N–H and O–H groups in total. The van der Waals surface area contributed by atoms with E-state index in [1.54, 1.807) is 12.1 Å². The Morgan fingerprint density at radius 1 is 1.23 bits per heavy atom. The van der Waals surface area contributed by atoms with Crippen LogP contribution in [0, 0.1) is 11.8 Å². The molecule has 8 heteroatoms. The number of anilines is 1. The maximum Gasteiger partial charge on any atom is 0.335 e. The van der Waals surface area contributed by atoms with Gasteiger partial charge in [-0.3, -0.25) is 0 Å². The van der Waals surface area contributed by atoms with Crippen molar-refractivity contribution < 1.29 is 29.2 Å². The lowest BCUT2D eigenvalue weighted by molar-refractivity contribution is -0.134. The Morgan fingerprint density at radius 3 is 2.88 bits per heavy atom. The molecule has 2 fully saturated rings. The van der Waals surface area contributed by atoms with E-state index in [2.05, 4.69) is 17.0 Å². The van der Waals surface area contributed by atoms with Crippen molar-refractivity contribution in [3.05, 3.63) is 58.1 Å².